The molecule has 10 nitrogen and oxygen atoms in total. The van der Waals surface area contributed by atoms with Gasteiger partial charge in [0.05, 0.1) is 6.10 Å². The predicted molar refractivity (Wildman–Crippen MR) is 128 cm³/mol. The number of aliphatic hydroxyl groups excluding tert-OH is 1. The summed E-state index contributed by atoms with van der Waals surface area (Å²) < 4.78 is 41.7. The molecule has 0 unspecified atom stereocenters. The smallest absolute Gasteiger partial charge is 0.345 e. The lowest BCUT2D eigenvalue weighted by Gasteiger charge is -2.27. The van der Waals surface area contributed by atoms with E-state index in [9.17, 15) is 27.9 Å². The zero-order valence-electron chi connectivity index (χ0n) is 20.0. The number of aromatic nitrogens is 2. The summed E-state index contributed by atoms with van der Waals surface area (Å²) in [6, 6.07) is 5.29. The van der Waals surface area contributed by atoms with Gasteiger partial charge in [-0.3, -0.25) is 9.59 Å². The van der Waals surface area contributed by atoms with Crippen molar-refractivity contribution in [3.05, 3.63) is 41.8 Å². The number of hydrogen-bond donors (Lipinski definition) is 4. The number of ether oxygens (including phenoxy) is 1. The minimum absolute atomic E-state index is 0.00190. The fourth-order valence-corrected chi connectivity index (χ4v) is 4.39. The van der Waals surface area contributed by atoms with Crippen LogP contribution in [-0.2, 0) is 9.53 Å². The Kier molecular flexibility index (Phi) is 8.77. The first-order valence-electron chi connectivity index (χ1n) is 12.1. The number of alkyl halides is 2. The van der Waals surface area contributed by atoms with Gasteiger partial charge in [0.15, 0.2) is 0 Å². The SMILES string of the molecule is O=C(N[C@H]1CCN(C(=O)COC(F)F)C1)c1cnc(Nc2ccc(F)cc2)nc1N[C@H]1CC[C@H](O)CC1. The van der Waals surface area contributed by atoms with Gasteiger partial charge in [-0.05, 0) is 56.4 Å². The van der Waals surface area contributed by atoms with Crippen molar-refractivity contribution < 1.29 is 32.6 Å². The molecular weight excluding hydrogens is 493 g/mol. The Bertz CT molecular complexity index is 1080. The average Bonchev–Trinajstić information content (AvgIpc) is 3.34. The van der Waals surface area contributed by atoms with Crippen molar-refractivity contribution in [3.63, 3.8) is 0 Å². The molecule has 13 heteroatoms. The molecule has 1 aliphatic carbocycles. The highest BCUT2D eigenvalue weighted by atomic mass is 19.3. The number of rotatable bonds is 9. The van der Waals surface area contributed by atoms with Crippen LogP contribution in [0.25, 0.3) is 0 Å². The number of nitrogens with zero attached hydrogens (tertiary/aromatic N) is 3. The van der Waals surface area contributed by atoms with Crippen molar-refractivity contribution in [2.75, 3.05) is 30.3 Å². The Labute approximate surface area is 211 Å². The highest BCUT2D eigenvalue weighted by Gasteiger charge is 2.29. The Balaban J connectivity index is 1.45. The molecular formula is C24H29F3N6O4. The van der Waals surface area contributed by atoms with E-state index >= 15 is 0 Å². The molecule has 1 aromatic carbocycles. The number of carbonyl (C=O) groups excluding carboxylic acids is 2. The molecule has 4 rings (SSSR count). The number of amides is 2. The van der Waals surface area contributed by atoms with Crippen molar-refractivity contribution in [2.45, 2.75) is 56.9 Å². The molecule has 2 aromatic rings. The molecule has 37 heavy (non-hydrogen) atoms. The van der Waals surface area contributed by atoms with Crippen LogP contribution in [0.5, 0.6) is 0 Å². The van der Waals surface area contributed by atoms with E-state index in [4.69, 9.17) is 0 Å². The minimum atomic E-state index is -3.03. The zero-order chi connectivity index (χ0) is 26.4. The van der Waals surface area contributed by atoms with Crippen LogP contribution < -0.4 is 16.0 Å². The molecule has 0 radical (unpaired) electrons. The summed E-state index contributed by atoms with van der Waals surface area (Å²) in [5.41, 5.74) is 0.762. The third kappa shape index (κ3) is 7.52. The highest BCUT2D eigenvalue weighted by molar-refractivity contribution is 5.99. The van der Waals surface area contributed by atoms with Crippen molar-refractivity contribution in [1.82, 2.24) is 20.2 Å². The van der Waals surface area contributed by atoms with Crippen molar-refractivity contribution in [3.8, 4) is 0 Å². The first-order chi connectivity index (χ1) is 17.8. The van der Waals surface area contributed by atoms with Crippen molar-refractivity contribution >= 4 is 29.3 Å². The molecule has 1 saturated carbocycles. The number of halogens is 3. The second-order valence-corrected chi connectivity index (χ2v) is 9.11. The molecule has 2 fully saturated rings. The van der Waals surface area contributed by atoms with Crippen LogP contribution in [0.3, 0.4) is 0 Å². The number of aliphatic hydroxyl groups is 1. The van der Waals surface area contributed by atoms with Crippen LogP contribution in [0.1, 0.15) is 42.5 Å². The first-order valence-corrected chi connectivity index (χ1v) is 12.1. The fourth-order valence-electron chi connectivity index (χ4n) is 4.39. The third-order valence-corrected chi connectivity index (χ3v) is 6.38. The Hall–Kier alpha value is -3.45. The number of likely N-dealkylation sites (tertiary alicyclic amines) is 1. The van der Waals surface area contributed by atoms with Crippen molar-refractivity contribution in [2.24, 2.45) is 0 Å². The summed E-state index contributed by atoms with van der Waals surface area (Å²) in [6.45, 7) is -3.27. The second kappa shape index (κ2) is 12.2. The van der Waals surface area contributed by atoms with Gasteiger partial charge in [-0.2, -0.15) is 13.8 Å². The number of anilines is 3. The predicted octanol–water partition coefficient (Wildman–Crippen LogP) is 2.64. The molecule has 0 bridgehead atoms. The van der Waals surface area contributed by atoms with Gasteiger partial charge in [0.1, 0.15) is 23.8 Å². The Morgan fingerprint density at radius 2 is 1.84 bits per heavy atom. The molecule has 0 spiro atoms. The lowest BCUT2D eigenvalue weighted by molar-refractivity contribution is -0.158. The summed E-state index contributed by atoms with van der Waals surface area (Å²) in [7, 11) is 0. The summed E-state index contributed by atoms with van der Waals surface area (Å²) in [6.07, 6.45) is 4.16. The molecule has 1 atom stereocenters. The molecule has 2 aliphatic rings. The molecule has 1 saturated heterocycles. The van der Waals surface area contributed by atoms with Gasteiger partial charge in [0.25, 0.3) is 5.91 Å². The summed E-state index contributed by atoms with van der Waals surface area (Å²) >= 11 is 0. The van der Waals surface area contributed by atoms with Crippen LogP contribution in [0, 0.1) is 5.82 Å². The largest absolute Gasteiger partial charge is 0.393 e. The van der Waals surface area contributed by atoms with E-state index in [-0.39, 0.29) is 42.1 Å². The van der Waals surface area contributed by atoms with E-state index in [0.29, 0.717) is 50.2 Å². The molecule has 2 amide bonds. The minimum Gasteiger partial charge on any atom is -0.393 e. The van der Waals surface area contributed by atoms with Crippen molar-refractivity contribution in [1.29, 1.82) is 0 Å². The quantitative estimate of drug-likeness (QED) is 0.396. The lowest BCUT2D eigenvalue weighted by Crippen LogP contribution is -2.40. The topological polar surface area (TPSA) is 129 Å². The Morgan fingerprint density at radius 3 is 2.54 bits per heavy atom. The van der Waals surface area contributed by atoms with E-state index in [1.807, 2.05) is 0 Å². The van der Waals surface area contributed by atoms with E-state index in [1.165, 1.54) is 35.4 Å². The lowest BCUT2D eigenvalue weighted by atomic mass is 9.93. The van der Waals surface area contributed by atoms with Gasteiger partial charge in [-0.15, -0.1) is 0 Å². The number of nitrogens with one attached hydrogen (secondary N) is 3. The molecule has 1 aromatic heterocycles. The summed E-state index contributed by atoms with van der Waals surface area (Å²) in [4.78, 5) is 35.3. The van der Waals surface area contributed by atoms with Crippen LogP contribution in [0.4, 0.5) is 30.6 Å². The summed E-state index contributed by atoms with van der Waals surface area (Å²) in [5.74, 6) is -0.893. The van der Waals surface area contributed by atoms with E-state index in [2.05, 4.69) is 30.7 Å². The zero-order valence-corrected chi connectivity index (χ0v) is 20.0. The van der Waals surface area contributed by atoms with E-state index in [1.54, 1.807) is 0 Å². The van der Waals surface area contributed by atoms with Gasteiger partial charge in [0.2, 0.25) is 11.9 Å². The molecule has 4 N–H and O–H groups in total. The standard InChI is InChI=1S/C24H29F3N6O4/c25-14-1-3-16(4-2-14)31-24-28-11-19(21(32-24)29-15-5-7-18(34)8-6-15)22(36)30-17-9-10-33(12-17)20(35)13-37-23(26)27/h1-4,11,15,17-18,23,34H,5-10,12-13H2,(H,30,36)(H2,28,29,31,32)/t15-,17-,18-/m0/s1. The number of carbonyl (C=O) groups is 2. The first kappa shape index (κ1) is 26.6. The highest BCUT2D eigenvalue weighted by Crippen LogP contribution is 2.25. The van der Waals surface area contributed by atoms with Crippen LogP contribution in [0.2, 0.25) is 0 Å². The normalized spacial score (nSPS) is 21.6. The van der Waals surface area contributed by atoms with Gasteiger partial charge in [-0.1, -0.05) is 0 Å². The van der Waals surface area contributed by atoms with E-state index in [0.717, 1.165) is 0 Å². The van der Waals surface area contributed by atoms with Crippen LogP contribution >= 0.6 is 0 Å². The number of benzene rings is 1. The maximum Gasteiger partial charge on any atom is 0.345 e. The van der Waals surface area contributed by atoms with Crippen LogP contribution in [-0.4, -0.2) is 76.3 Å². The maximum absolute atomic E-state index is 13.2. The summed E-state index contributed by atoms with van der Waals surface area (Å²) in [5, 5.41) is 19.0. The number of hydrogen-bond acceptors (Lipinski definition) is 8. The van der Waals surface area contributed by atoms with Gasteiger partial charge in [-0.25, -0.2) is 9.37 Å². The third-order valence-electron chi connectivity index (χ3n) is 6.38. The average molecular weight is 523 g/mol. The van der Waals surface area contributed by atoms with E-state index < -0.39 is 25.0 Å². The van der Waals surface area contributed by atoms with Gasteiger partial charge < -0.3 is 30.7 Å². The molecule has 200 valence electrons. The Morgan fingerprint density at radius 1 is 1.11 bits per heavy atom. The molecule has 1 aliphatic heterocycles. The van der Waals surface area contributed by atoms with Gasteiger partial charge in [0, 0.05) is 37.1 Å². The van der Waals surface area contributed by atoms with Gasteiger partial charge >= 0.3 is 6.61 Å². The molecule has 2 heterocycles. The fraction of sp³-hybridized carbons (Fsp3) is 0.500. The maximum atomic E-state index is 13.2. The monoisotopic (exact) mass is 522 g/mol. The second-order valence-electron chi connectivity index (χ2n) is 9.11. The van der Waals surface area contributed by atoms with Crippen LogP contribution in [0.15, 0.2) is 30.5 Å².